The molecule has 0 aliphatic rings. The van der Waals surface area contributed by atoms with Gasteiger partial charge in [-0.2, -0.15) is 0 Å². The number of hydrogen-bond donors (Lipinski definition) is 3. The summed E-state index contributed by atoms with van der Waals surface area (Å²) in [5, 5.41) is 11.3. The molecule has 5 nitrogen and oxygen atoms in total. The van der Waals surface area contributed by atoms with E-state index >= 15 is 0 Å². The predicted molar refractivity (Wildman–Crippen MR) is 67.8 cm³/mol. The molecule has 1 rings (SSSR count). The van der Waals surface area contributed by atoms with Crippen molar-refractivity contribution in [2.75, 3.05) is 0 Å². The zero-order valence-corrected chi connectivity index (χ0v) is 10.3. The molecule has 0 aliphatic heterocycles. The molecule has 2 atom stereocenters. The van der Waals surface area contributed by atoms with E-state index in [9.17, 15) is 9.59 Å². The molecule has 5 heteroatoms. The van der Waals surface area contributed by atoms with Crippen LogP contribution in [0.5, 0.6) is 0 Å². The lowest BCUT2D eigenvalue weighted by Crippen LogP contribution is -2.43. The number of carboxylic acids is 1. The Kier molecular flexibility index (Phi) is 5.32. The average Bonchev–Trinajstić information content (AvgIpc) is 2.35. The fourth-order valence-electron chi connectivity index (χ4n) is 1.67. The summed E-state index contributed by atoms with van der Waals surface area (Å²) in [5.74, 6) is -1.52. The summed E-state index contributed by atoms with van der Waals surface area (Å²) >= 11 is 0. The van der Waals surface area contributed by atoms with Gasteiger partial charge < -0.3 is 16.2 Å². The molecule has 0 aliphatic carbocycles. The lowest BCUT2D eigenvalue weighted by Gasteiger charge is -2.19. The SMILES string of the molecule is CCC(NC(=O)C(N)CC(=O)O)c1ccccc1. The number of hydrogen-bond acceptors (Lipinski definition) is 3. The Labute approximate surface area is 106 Å². The molecule has 0 heterocycles. The number of carbonyl (C=O) groups excluding carboxylic acids is 1. The van der Waals surface area contributed by atoms with Crippen molar-refractivity contribution in [2.24, 2.45) is 5.73 Å². The van der Waals surface area contributed by atoms with Gasteiger partial charge in [-0.15, -0.1) is 0 Å². The van der Waals surface area contributed by atoms with Gasteiger partial charge in [0.25, 0.3) is 0 Å². The van der Waals surface area contributed by atoms with E-state index in [1.54, 1.807) is 0 Å². The van der Waals surface area contributed by atoms with Crippen LogP contribution < -0.4 is 11.1 Å². The normalized spacial score (nSPS) is 13.7. The molecule has 4 N–H and O–H groups in total. The van der Waals surface area contributed by atoms with E-state index in [1.807, 2.05) is 37.3 Å². The zero-order valence-electron chi connectivity index (χ0n) is 10.3. The number of nitrogens with two attached hydrogens (primary N) is 1. The summed E-state index contributed by atoms with van der Waals surface area (Å²) in [5.41, 5.74) is 6.49. The molecule has 0 aromatic heterocycles. The molecular formula is C13H18N2O3. The number of rotatable bonds is 6. The second-order valence-electron chi connectivity index (χ2n) is 4.08. The average molecular weight is 250 g/mol. The van der Waals surface area contributed by atoms with E-state index in [0.717, 1.165) is 12.0 Å². The summed E-state index contributed by atoms with van der Waals surface area (Å²) in [6, 6.07) is 8.35. The summed E-state index contributed by atoms with van der Waals surface area (Å²) in [4.78, 5) is 22.2. The molecule has 0 spiro atoms. The summed E-state index contributed by atoms with van der Waals surface area (Å²) in [7, 11) is 0. The minimum Gasteiger partial charge on any atom is -0.481 e. The third-order valence-electron chi connectivity index (χ3n) is 2.66. The lowest BCUT2D eigenvalue weighted by molar-refractivity contribution is -0.139. The van der Waals surface area contributed by atoms with E-state index in [1.165, 1.54) is 0 Å². The number of aliphatic carboxylic acids is 1. The molecule has 1 aromatic rings. The first-order chi connectivity index (χ1) is 8.54. The quantitative estimate of drug-likeness (QED) is 0.703. The summed E-state index contributed by atoms with van der Waals surface area (Å²) in [6.07, 6.45) is 0.354. The molecule has 1 amide bonds. The van der Waals surface area contributed by atoms with Crippen LogP contribution in [0.4, 0.5) is 0 Å². The Bertz CT molecular complexity index is 406. The van der Waals surface area contributed by atoms with Crippen LogP contribution in [0, 0.1) is 0 Å². The summed E-state index contributed by atoms with van der Waals surface area (Å²) < 4.78 is 0. The maximum absolute atomic E-state index is 11.7. The lowest BCUT2D eigenvalue weighted by atomic mass is 10.0. The standard InChI is InChI=1S/C13H18N2O3/c1-2-11(9-6-4-3-5-7-9)15-13(18)10(14)8-12(16)17/h3-7,10-11H,2,8,14H2,1H3,(H,15,18)(H,16,17). The van der Waals surface area contributed by atoms with Gasteiger partial charge in [-0.25, -0.2) is 0 Å². The predicted octanol–water partition coefficient (Wildman–Crippen LogP) is 1.06. The Morgan fingerprint density at radius 1 is 1.33 bits per heavy atom. The van der Waals surface area contributed by atoms with Crippen molar-refractivity contribution in [3.05, 3.63) is 35.9 Å². The fraction of sp³-hybridized carbons (Fsp3) is 0.385. The monoisotopic (exact) mass is 250 g/mol. The van der Waals surface area contributed by atoms with Crippen LogP contribution in [-0.4, -0.2) is 23.0 Å². The molecule has 1 aromatic carbocycles. The highest BCUT2D eigenvalue weighted by molar-refractivity contribution is 5.86. The number of amides is 1. The van der Waals surface area contributed by atoms with Crippen molar-refractivity contribution in [1.82, 2.24) is 5.32 Å². The third-order valence-corrected chi connectivity index (χ3v) is 2.66. The van der Waals surface area contributed by atoms with Gasteiger partial charge in [-0.1, -0.05) is 37.3 Å². The van der Waals surface area contributed by atoms with Crippen LogP contribution in [0.25, 0.3) is 0 Å². The number of benzene rings is 1. The Morgan fingerprint density at radius 3 is 2.44 bits per heavy atom. The molecule has 98 valence electrons. The van der Waals surface area contributed by atoms with Gasteiger partial charge in [0.2, 0.25) is 5.91 Å². The van der Waals surface area contributed by atoms with E-state index in [4.69, 9.17) is 10.8 Å². The number of carbonyl (C=O) groups is 2. The molecule has 2 unspecified atom stereocenters. The Morgan fingerprint density at radius 2 is 1.94 bits per heavy atom. The van der Waals surface area contributed by atoms with Gasteiger partial charge >= 0.3 is 5.97 Å². The second kappa shape index (κ2) is 6.76. The fourth-order valence-corrected chi connectivity index (χ4v) is 1.67. The van der Waals surface area contributed by atoms with E-state index in [2.05, 4.69) is 5.32 Å². The van der Waals surface area contributed by atoms with Crippen LogP contribution >= 0.6 is 0 Å². The largest absolute Gasteiger partial charge is 0.481 e. The van der Waals surface area contributed by atoms with Crippen molar-refractivity contribution >= 4 is 11.9 Å². The van der Waals surface area contributed by atoms with Crippen LogP contribution in [0.15, 0.2) is 30.3 Å². The van der Waals surface area contributed by atoms with Crippen molar-refractivity contribution in [2.45, 2.75) is 31.8 Å². The molecule has 0 fully saturated rings. The maximum Gasteiger partial charge on any atom is 0.305 e. The third kappa shape index (κ3) is 4.18. The minimum atomic E-state index is -1.08. The van der Waals surface area contributed by atoms with Crippen LogP contribution in [-0.2, 0) is 9.59 Å². The first-order valence-corrected chi connectivity index (χ1v) is 5.87. The molecule has 18 heavy (non-hydrogen) atoms. The van der Waals surface area contributed by atoms with Gasteiger partial charge in [-0.3, -0.25) is 9.59 Å². The molecule has 0 bridgehead atoms. The van der Waals surface area contributed by atoms with Gasteiger partial charge in [0.1, 0.15) is 0 Å². The minimum absolute atomic E-state index is 0.140. The first-order valence-electron chi connectivity index (χ1n) is 5.87. The van der Waals surface area contributed by atoms with Crippen molar-refractivity contribution in [3.63, 3.8) is 0 Å². The van der Waals surface area contributed by atoms with Crippen molar-refractivity contribution < 1.29 is 14.7 Å². The molecule has 0 radical (unpaired) electrons. The number of carboxylic acid groups (broad SMARTS) is 1. The Balaban J connectivity index is 2.64. The van der Waals surface area contributed by atoms with Crippen LogP contribution in [0.1, 0.15) is 31.4 Å². The number of nitrogens with one attached hydrogen (secondary N) is 1. The second-order valence-corrected chi connectivity index (χ2v) is 4.08. The smallest absolute Gasteiger partial charge is 0.305 e. The maximum atomic E-state index is 11.7. The zero-order chi connectivity index (χ0) is 13.5. The van der Waals surface area contributed by atoms with Gasteiger partial charge in [0, 0.05) is 0 Å². The van der Waals surface area contributed by atoms with Gasteiger partial charge in [-0.05, 0) is 12.0 Å². The molecular weight excluding hydrogens is 232 g/mol. The van der Waals surface area contributed by atoms with Crippen molar-refractivity contribution in [3.8, 4) is 0 Å². The van der Waals surface area contributed by atoms with E-state index in [-0.39, 0.29) is 12.5 Å². The highest BCUT2D eigenvalue weighted by Crippen LogP contribution is 2.15. The topological polar surface area (TPSA) is 92.4 Å². The molecule has 0 saturated heterocycles. The van der Waals surface area contributed by atoms with Crippen molar-refractivity contribution in [1.29, 1.82) is 0 Å². The van der Waals surface area contributed by atoms with Crippen LogP contribution in [0.2, 0.25) is 0 Å². The Hall–Kier alpha value is -1.88. The first kappa shape index (κ1) is 14.2. The highest BCUT2D eigenvalue weighted by Gasteiger charge is 2.20. The van der Waals surface area contributed by atoms with E-state index < -0.39 is 17.9 Å². The molecule has 0 saturated carbocycles. The summed E-state index contributed by atoms with van der Waals surface area (Å²) in [6.45, 7) is 1.95. The van der Waals surface area contributed by atoms with E-state index in [0.29, 0.717) is 0 Å². The van der Waals surface area contributed by atoms with Crippen LogP contribution in [0.3, 0.4) is 0 Å². The van der Waals surface area contributed by atoms with Gasteiger partial charge in [0.05, 0.1) is 18.5 Å². The highest BCUT2D eigenvalue weighted by atomic mass is 16.4. The van der Waals surface area contributed by atoms with Gasteiger partial charge in [0.15, 0.2) is 0 Å².